The van der Waals surface area contributed by atoms with E-state index in [1.54, 1.807) is 0 Å². The van der Waals surface area contributed by atoms with Gasteiger partial charge in [0.15, 0.2) is 0 Å². The molecule has 117 valence electrons. The Morgan fingerprint density at radius 1 is 0.792 bits per heavy atom. The summed E-state index contributed by atoms with van der Waals surface area (Å²) in [5, 5.41) is 0. The number of rotatable bonds is 2. The molecule has 1 heterocycles. The van der Waals surface area contributed by atoms with E-state index in [0.717, 1.165) is 17.1 Å². The van der Waals surface area contributed by atoms with E-state index in [0.29, 0.717) is 0 Å². The molecule has 0 saturated carbocycles. The van der Waals surface area contributed by atoms with Crippen molar-refractivity contribution in [3.05, 3.63) is 88.7 Å². The first-order valence-electron chi connectivity index (χ1n) is 7.96. The molecule has 1 aliphatic carbocycles. The molecular formula is C22H19OZr. The summed E-state index contributed by atoms with van der Waals surface area (Å²) in [6.07, 6.45) is 4.46. The van der Waals surface area contributed by atoms with Gasteiger partial charge in [-0.3, -0.25) is 0 Å². The van der Waals surface area contributed by atoms with Crippen molar-refractivity contribution >= 4 is 11.6 Å². The van der Waals surface area contributed by atoms with Gasteiger partial charge in [0.25, 0.3) is 0 Å². The molecule has 0 unspecified atom stereocenters. The summed E-state index contributed by atoms with van der Waals surface area (Å²) < 4.78 is 5.79. The third-order valence-corrected chi connectivity index (χ3v) is 4.46. The van der Waals surface area contributed by atoms with Crippen LogP contribution in [0.25, 0.3) is 22.8 Å². The van der Waals surface area contributed by atoms with Gasteiger partial charge < -0.3 is 4.42 Å². The first-order chi connectivity index (χ1) is 11.1. The second-order valence-corrected chi connectivity index (χ2v) is 6.28. The number of fused-ring (bicyclic) bond motifs is 1. The number of furan rings is 1. The fourth-order valence-electron chi connectivity index (χ4n) is 3.23. The molecule has 2 aromatic carbocycles. The molecule has 0 spiro atoms. The van der Waals surface area contributed by atoms with Crippen LogP contribution in [-0.2, 0) is 26.2 Å². The van der Waals surface area contributed by atoms with Crippen molar-refractivity contribution in [3.63, 3.8) is 0 Å². The van der Waals surface area contributed by atoms with Crippen LogP contribution in [0.3, 0.4) is 0 Å². The Hall–Kier alpha value is -1.66. The third-order valence-electron chi connectivity index (χ3n) is 4.46. The van der Waals surface area contributed by atoms with Crippen LogP contribution in [0.15, 0.2) is 52.9 Å². The van der Waals surface area contributed by atoms with Gasteiger partial charge >= 0.3 is 0 Å². The van der Waals surface area contributed by atoms with Crippen molar-refractivity contribution in [2.24, 2.45) is 0 Å². The Bertz CT molecular complexity index is 914. The van der Waals surface area contributed by atoms with Crippen molar-refractivity contribution in [3.8, 4) is 11.1 Å². The van der Waals surface area contributed by atoms with Gasteiger partial charge in [0, 0.05) is 38.2 Å². The Morgan fingerprint density at radius 3 is 2.21 bits per heavy atom. The molecule has 2 heteroatoms. The molecule has 1 aromatic heterocycles. The minimum absolute atomic E-state index is 0. The fourth-order valence-corrected chi connectivity index (χ4v) is 3.23. The molecule has 1 nitrogen and oxygen atoms in total. The largest absolute Gasteiger partial charge is 0.462 e. The summed E-state index contributed by atoms with van der Waals surface area (Å²) in [5.41, 5.74) is 8.87. The van der Waals surface area contributed by atoms with Crippen LogP contribution in [0, 0.1) is 27.2 Å². The zero-order valence-electron chi connectivity index (χ0n) is 14.2. The van der Waals surface area contributed by atoms with Crippen LogP contribution in [0.4, 0.5) is 0 Å². The van der Waals surface area contributed by atoms with E-state index in [9.17, 15) is 0 Å². The van der Waals surface area contributed by atoms with E-state index in [4.69, 9.17) is 4.42 Å². The number of benzene rings is 2. The van der Waals surface area contributed by atoms with Crippen molar-refractivity contribution in [1.82, 2.24) is 0 Å². The molecule has 1 radical (unpaired) electrons. The van der Waals surface area contributed by atoms with Gasteiger partial charge in [0.1, 0.15) is 11.5 Å². The van der Waals surface area contributed by atoms with E-state index < -0.39 is 0 Å². The standard InChI is InChI=1S/C22H19O.Zr/c1-14-4-8-17(9-5-14)22-15(2)6-10-18-12-19(13-20(18)22)21-11-7-16(3)23-21;/h4-13H,1-3H3;. The molecule has 24 heavy (non-hydrogen) atoms. The predicted molar refractivity (Wildman–Crippen MR) is 96.1 cm³/mol. The van der Waals surface area contributed by atoms with E-state index >= 15 is 0 Å². The Balaban J connectivity index is 0.00000169. The molecule has 0 saturated heterocycles. The molecule has 4 rings (SSSR count). The van der Waals surface area contributed by atoms with Crippen molar-refractivity contribution in [2.75, 3.05) is 0 Å². The van der Waals surface area contributed by atoms with E-state index in [1.165, 1.54) is 33.4 Å². The van der Waals surface area contributed by atoms with Gasteiger partial charge in [-0.15, -0.1) is 0 Å². The van der Waals surface area contributed by atoms with Crippen molar-refractivity contribution in [2.45, 2.75) is 20.8 Å². The zero-order chi connectivity index (χ0) is 16.0. The second-order valence-electron chi connectivity index (χ2n) is 6.28. The van der Waals surface area contributed by atoms with Gasteiger partial charge in [0.2, 0.25) is 0 Å². The molecule has 3 aromatic rings. The Kier molecular flexibility index (Phi) is 4.79. The van der Waals surface area contributed by atoms with Gasteiger partial charge in [0.05, 0.1) is 0 Å². The maximum Gasteiger partial charge on any atom is 0.130 e. The van der Waals surface area contributed by atoms with Gasteiger partial charge in [-0.05, 0) is 66.8 Å². The molecule has 0 N–H and O–H groups in total. The Morgan fingerprint density at radius 2 is 1.54 bits per heavy atom. The van der Waals surface area contributed by atoms with Crippen LogP contribution in [0.5, 0.6) is 0 Å². The van der Waals surface area contributed by atoms with Crippen molar-refractivity contribution < 1.29 is 30.6 Å². The van der Waals surface area contributed by atoms with Crippen LogP contribution in [0.1, 0.15) is 33.8 Å². The normalized spacial score (nSPS) is 12.5. The topological polar surface area (TPSA) is 13.1 Å². The third kappa shape index (κ3) is 3.00. The van der Waals surface area contributed by atoms with Gasteiger partial charge in [-0.2, -0.15) is 0 Å². The molecule has 0 bridgehead atoms. The van der Waals surface area contributed by atoms with Gasteiger partial charge in [-0.25, -0.2) is 0 Å². The van der Waals surface area contributed by atoms with Crippen LogP contribution in [-0.4, -0.2) is 0 Å². The molecule has 1 aliphatic rings. The number of hydrogen-bond donors (Lipinski definition) is 0. The van der Waals surface area contributed by atoms with Crippen LogP contribution < -0.4 is 0 Å². The minimum atomic E-state index is 0. The molecule has 0 atom stereocenters. The maximum atomic E-state index is 5.79. The molecule has 0 amide bonds. The average Bonchev–Trinajstić information content (AvgIpc) is 3.14. The zero-order valence-corrected chi connectivity index (χ0v) is 16.6. The minimum Gasteiger partial charge on any atom is -0.462 e. The number of aryl methyl sites for hydroxylation is 3. The van der Waals surface area contributed by atoms with E-state index in [1.807, 2.05) is 19.1 Å². The van der Waals surface area contributed by atoms with E-state index in [2.05, 4.69) is 62.7 Å². The monoisotopic (exact) mass is 389 g/mol. The quantitative estimate of drug-likeness (QED) is 0.525. The molecule has 0 fully saturated rings. The predicted octanol–water partition coefficient (Wildman–Crippen LogP) is 5.98. The van der Waals surface area contributed by atoms with Gasteiger partial charge in [-0.1, -0.05) is 42.0 Å². The maximum absolute atomic E-state index is 5.79. The molecule has 0 aliphatic heterocycles. The summed E-state index contributed by atoms with van der Waals surface area (Å²) in [6.45, 7) is 6.28. The summed E-state index contributed by atoms with van der Waals surface area (Å²) in [4.78, 5) is 0. The fraction of sp³-hybridized carbons (Fsp3) is 0.136. The number of allylic oxidation sites excluding steroid dienone is 1. The van der Waals surface area contributed by atoms with Crippen LogP contribution in [0.2, 0.25) is 0 Å². The smallest absolute Gasteiger partial charge is 0.130 e. The molecular weight excluding hydrogens is 371 g/mol. The first kappa shape index (κ1) is 17.2. The SMILES string of the molecule is Cc1ccc(-c2c(C)ccc3c2C=C(c2ccc(C)o2)[CH]3)cc1.[Zr]. The average molecular weight is 391 g/mol. The summed E-state index contributed by atoms with van der Waals surface area (Å²) in [7, 11) is 0. The summed E-state index contributed by atoms with van der Waals surface area (Å²) >= 11 is 0. The van der Waals surface area contributed by atoms with Crippen molar-refractivity contribution in [1.29, 1.82) is 0 Å². The van der Waals surface area contributed by atoms with Crippen LogP contribution >= 0.6 is 0 Å². The number of hydrogen-bond acceptors (Lipinski definition) is 1. The Labute approximate surface area is 162 Å². The van der Waals surface area contributed by atoms with E-state index in [-0.39, 0.29) is 26.2 Å². The first-order valence-corrected chi connectivity index (χ1v) is 7.96. The second kappa shape index (κ2) is 6.69. The summed E-state index contributed by atoms with van der Waals surface area (Å²) in [6, 6.07) is 17.2. The summed E-state index contributed by atoms with van der Waals surface area (Å²) in [5.74, 6) is 1.88.